The second-order valence-electron chi connectivity index (χ2n) is 5.62. The third kappa shape index (κ3) is 2.94. The Morgan fingerprint density at radius 3 is 2.22 bits per heavy atom. The molecule has 1 aromatic rings. The fourth-order valence-corrected chi connectivity index (χ4v) is 2.78. The number of benzene rings is 1. The number of carbonyl (C=O) groups excluding carboxylic acids is 1. The van der Waals surface area contributed by atoms with Crippen LogP contribution in [0.25, 0.3) is 0 Å². The first-order valence-corrected chi connectivity index (χ1v) is 7.55. The normalized spacial score (nSPS) is 18.7. The summed E-state index contributed by atoms with van der Waals surface area (Å²) in [5, 5.41) is 0. The fraction of sp³-hybridized carbons (Fsp3) is 0.533. The highest BCUT2D eigenvalue weighted by Crippen LogP contribution is 2.36. The number of aldehydes is 1. The number of nitrogens with zero attached hydrogens (tertiary/aromatic N) is 1. The SMILES string of the molecule is O=Cc1ccc(N(CC2CC2)CC2CC2)cc1Br. The Morgan fingerprint density at radius 1 is 1.17 bits per heavy atom. The molecular weight excluding hydrogens is 290 g/mol. The Bertz CT molecular complexity index is 438. The topological polar surface area (TPSA) is 20.3 Å². The molecule has 0 heterocycles. The van der Waals surface area contributed by atoms with Crippen LogP contribution in [0.3, 0.4) is 0 Å². The minimum atomic E-state index is 0.733. The van der Waals surface area contributed by atoms with Crippen LogP contribution in [-0.2, 0) is 0 Å². The van der Waals surface area contributed by atoms with Gasteiger partial charge in [-0.1, -0.05) is 0 Å². The summed E-state index contributed by atoms with van der Waals surface area (Å²) < 4.78 is 0.909. The number of anilines is 1. The van der Waals surface area contributed by atoms with Gasteiger partial charge in [-0.05, 0) is 71.6 Å². The maximum Gasteiger partial charge on any atom is 0.151 e. The van der Waals surface area contributed by atoms with E-state index >= 15 is 0 Å². The second kappa shape index (κ2) is 5.04. The summed E-state index contributed by atoms with van der Waals surface area (Å²) in [6.45, 7) is 2.37. The van der Waals surface area contributed by atoms with Crippen molar-refractivity contribution in [2.75, 3.05) is 18.0 Å². The molecule has 0 bridgehead atoms. The molecular formula is C15H18BrNO. The van der Waals surface area contributed by atoms with Crippen molar-refractivity contribution in [2.24, 2.45) is 11.8 Å². The van der Waals surface area contributed by atoms with Crippen molar-refractivity contribution in [3.63, 3.8) is 0 Å². The molecule has 2 nitrogen and oxygen atoms in total. The van der Waals surface area contributed by atoms with Gasteiger partial charge in [-0.25, -0.2) is 0 Å². The third-order valence-electron chi connectivity index (χ3n) is 3.83. The Balaban J connectivity index is 1.78. The van der Waals surface area contributed by atoms with E-state index in [9.17, 15) is 4.79 Å². The molecule has 0 aromatic heterocycles. The van der Waals surface area contributed by atoms with Gasteiger partial charge < -0.3 is 4.90 Å². The first kappa shape index (κ1) is 12.2. The zero-order valence-electron chi connectivity index (χ0n) is 10.4. The molecule has 0 amide bonds. The molecule has 18 heavy (non-hydrogen) atoms. The molecule has 0 unspecified atom stereocenters. The lowest BCUT2D eigenvalue weighted by atomic mass is 10.2. The predicted octanol–water partition coefficient (Wildman–Crippen LogP) is 3.89. The summed E-state index contributed by atoms with van der Waals surface area (Å²) in [5.41, 5.74) is 1.99. The lowest BCUT2D eigenvalue weighted by Crippen LogP contribution is -2.28. The monoisotopic (exact) mass is 307 g/mol. The third-order valence-corrected chi connectivity index (χ3v) is 4.51. The summed E-state index contributed by atoms with van der Waals surface area (Å²) >= 11 is 3.48. The van der Waals surface area contributed by atoms with Crippen molar-refractivity contribution in [3.8, 4) is 0 Å². The van der Waals surface area contributed by atoms with Gasteiger partial charge in [0, 0.05) is 28.8 Å². The van der Waals surface area contributed by atoms with Crippen LogP contribution in [0.4, 0.5) is 5.69 Å². The number of rotatable bonds is 6. The van der Waals surface area contributed by atoms with Gasteiger partial charge in [-0.2, -0.15) is 0 Å². The molecule has 0 spiro atoms. The molecule has 0 atom stereocenters. The van der Waals surface area contributed by atoms with Gasteiger partial charge in [-0.15, -0.1) is 0 Å². The maximum atomic E-state index is 10.8. The van der Waals surface area contributed by atoms with Gasteiger partial charge >= 0.3 is 0 Å². The van der Waals surface area contributed by atoms with Crippen LogP contribution in [0.2, 0.25) is 0 Å². The zero-order chi connectivity index (χ0) is 12.5. The zero-order valence-corrected chi connectivity index (χ0v) is 12.0. The average molecular weight is 308 g/mol. The van der Waals surface area contributed by atoms with Gasteiger partial charge in [0.2, 0.25) is 0 Å². The Hall–Kier alpha value is -0.830. The minimum Gasteiger partial charge on any atom is -0.371 e. The van der Waals surface area contributed by atoms with Crippen molar-refractivity contribution in [1.29, 1.82) is 0 Å². The summed E-state index contributed by atoms with van der Waals surface area (Å²) in [5.74, 6) is 1.79. The largest absolute Gasteiger partial charge is 0.371 e. The molecule has 0 aliphatic heterocycles. The summed E-state index contributed by atoms with van der Waals surface area (Å²) in [6, 6.07) is 6.09. The van der Waals surface area contributed by atoms with E-state index in [1.807, 2.05) is 6.07 Å². The highest BCUT2D eigenvalue weighted by molar-refractivity contribution is 9.10. The molecule has 2 saturated carbocycles. The van der Waals surface area contributed by atoms with Crippen LogP contribution in [0.5, 0.6) is 0 Å². The van der Waals surface area contributed by atoms with Crippen LogP contribution >= 0.6 is 15.9 Å². The lowest BCUT2D eigenvalue weighted by molar-refractivity contribution is 0.112. The first-order valence-electron chi connectivity index (χ1n) is 6.76. The maximum absolute atomic E-state index is 10.8. The standard InChI is InChI=1S/C15H18BrNO/c16-15-7-14(6-5-13(15)10-18)17(8-11-1-2-11)9-12-3-4-12/h5-7,10-12H,1-4,8-9H2. The summed E-state index contributed by atoms with van der Waals surface area (Å²) in [7, 11) is 0. The number of hydrogen-bond donors (Lipinski definition) is 0. The molecule has 2 aliphatic rings. The highest BCUT2D eigenvalue weighted by Gasteiger charge is 2.29. The van der Waals surface area contributed by atoms with Gasteiger partial charge in [-0.3, -0.25) is 4.79 Å². The van der Waals surface area contributed by atoms with E-state index in [0.29, 0.717) is 0 Å². The second-order valence-corrected chi connectivity index (χ2v) is 6.47. The van der Waals surface area contributed by atoms with Crippen molar-refractivity contribution in [3.05, 3.63) is 28.2 Å². The van der Waals surface area contributed by atoms with E-state index in [1.54, 1.807) is 0 Å². The van der Waals surface area contributed by atoms with Gasteiger partial charge in [0.15, 0.2) is 6.29 Å². The lowest BCUT2D eigenvalue weighted by Gasteiger charge is -2.25. The van der Waals surface area contributed by atoms with Crippen LogP contribution in [0.1, 0.15) is 36.0 Å². The van der Waals surface area contributed by atoms with Gasteiger partial charge in [0.05, 0.1) is 0 Å². The minimum absolute atomic E-state index is 0.733. The van der Waals surface area contributed by atoms with Crippen molar-refractivity contribution in [1.82, 2.24) is 0 Å². The predicted molar refractivity (Wildman–Crippen MR) is 77.2 cm³/mol. The molecule has 2 aliphatic carbocycles. The Labute approximate surface area is 116 Å². The van der Waals surface area contributed by atoms with E-state index in [0.717, 1.165) is 28.2 Å². The Morgan fingerprint density at radius 2 is 1.78 bits per heavy atom. The quantitative estimate of drug-likeness (QED) is 0.743. The number of halogens is 1. The smallest absolute Gasteiger partial charge is 0.151 e. The summed E-state index contributed by atoms with van der Waals surface area (Å²) in [4.78, 5) is 13.3. The summed E-state index contributed by atoms with van der Waals surface area (Å²) in [6.07, 6.45) is 6.44. The molecule has 2 fully saturated rings. The van der Waals surface area contributed by atoms with Gasteiger partial charge in [0.1, 0.15) is 0 Å². The van der Waals surface area contributed by atoms with Crippen molar-refractivity contribution < 1.29 is 4.79 Å². The number of hydrogen-bond acceptors (Lipinski definition) is 2. The van der Waals surface area contributed by atoms with Crippen LogP contribution < -0.4 is 4.90 Å². The van der Waals surface area contributed by atoms with E-state index in [-0.39, 0.29) is 0 Å². The molecule has 3 heteroatoms. The molecule has 0 saturated heterocycles. The van der Waals surface area contributed by atoms with E-state index < -0.39 is 0 Å². The first-order chi connectivity index (χ1) is 8.76. The van der Waals surface area contributed by atoms with E-state index in [4.69, 9.17) is 0 Å². The molecule has 96 valence electrons. The van der Waals surface area contributed by atoms with Crippen molar-refractivity contribution in [2.45, 2.75) is 25.7 Å². The van der Waals surface area contributed by atoms with E-state index in [2.05, 4.69) is 33.0 Å². The molecule has 0 radical (unpaired) electrons. The highest BCUT2D eigenvalue weighted by atomic mass is 79.9. The molecule has 1 aromatic carbocycles. The Kier molecular flexibility index (Phi) is 3.42. The van der Waals surface area contributed by atoms with Gasteiger partial charge in [0.25, 0.3) is 0 Å². The molecule has 0 N–H and O–H groups in total. The van der Waals surface area contributed by atoms with Crippen LogP contribution in [0, 0.1) is 11.8 Å². The average Bonchev–Trinajstić information content (AvgIpc) is 3.23. The molecule has 3 rings (SSSR count). The van der Waals surface area contributed by atoms with Crippen LogP contribution in [0.15, 0.2) is 22.7 Å². The fourth-order valence-electron chi connectivity index (χ4n) is 2.32. The number of carbonyl (C=O) groups is 1. The van der Waals surface area contributed by atoms with E-state index in [1.165, 1.54) is 44.5 Å². The van der Waals surface area contributed by atoms with Crippen molar-refractivity contribution >= 4 is 27.9 Å². The van der Waals surface area contributed by atoms with Crippen LogP contribution in [-0.4, -0.2) is 19.4 Å².